The van der Waals surface area contributed by atoms with Crippen LogP contribution in [-0.2, 0) is 22.6 Å². The topological polar surface area (TPSA) is 117 Å². The summed E-state index contributed by atoms with van der Waals surface area (Å²) in [4.78, 5) is 41.0. The van der Waals surface area contributed by atoms with Gasteiger partial charge in [0.15, 0.2) is 0 Å². The number of aromatic amines is 1. The lowest BCUT2D eigenvalue weighted by molar-refractivity contribution is -0.131. The molecule has 30 heavy (non-hydrogen) atoms. The second kappa shape index (κ2) is 8.32. The number of methoxy groups -OCH3 is 1. The van der Waals surface area contributed by atoms with Gasteiger partial charge in [0, 0.05) is 23.6 Å². The fourth-order valence-electron chi connectivity index (χ4n) is 3.51. The number of amides is 4. The van der Waals surface area contributed by atoms with Gasteiger partial charge in [0.1, 0.15) is 17.6 Å². The average Bonchev–Trinajstić information content (AvgIpc) is 3.45. The molecule has 1 aromatic carbocycles. The van der Waals surface area contributed by atoms with Crippen molar-refractivity contribution in [3.05, 3.63) is 54.1 Å². The molecule has 0 radical (unpaired) electrons. The molecule has 0 saturated carbocycles. The third kappa shape index (κ3) is 4.00. The first-order valence-corrected chi connectivity index (χ1v) is 9.60. The lowest BCUT2D eigenvalue weighted by Crippen LogP contribution is -2.37. The van der Waals surface area contributed by atoms with Gasteiger partial charge in [-0.1, -0.05) is 0 Å². The second-order valence-corrected chi connectivity index (χ2v) is 7.04. The average molecular weight is 410 g/mol. The highest BCUT2D eigenvalue weighted by molar-refractivity contribution is 6.05. The Kier molecular flexibility index (Phi) is 5.42. The number of H-pyrrole nitrogens is 1. The summed E-state index contributed by atoms with van der Waals surface area (Å²) in [7, 11) is 1.62. The van der Waals surface area contributed by atoms with Crippen molar-refractivity contribution in [2.45, 2.75) is 25.4 Å². The summed E-state index contributed by atoms with van der Waals surface area (Å²) in [6.45, 7) is 0.452. The van der Waals surface area contributed by atoms with E-state index in [2.05, 4.69) is 15.6 Å². The zero-order valence-corrected chi connectivity index (χ0v) is 16.4. The molecule has 156 valence electrons. The van der Waals surface area contributed by atoms with Gasteiger partial charge in [-0.15, -0.1) is 0 Å². The van der Waals surface area contributed by atoms with Crippen LogP contribution < -0.4 is 15.4 Å². The van der Waals surface area contributed by atoms with Gasteiger partial charge < -0.3 is 24.8 Å². The minimum absolute atomic E-state index is 0.0415. The Labute approximate surface area is 172 Å². The highest BCUT2D eigenvalue weighted by atomic mass is 16.5. The van der Waals surface area contributed by atoms with Crippen molar-refractivity contribution < 1.29 is 23.5 Å². The molecule has 1 aliphatic rings. The van der Waals surface area contributed by atoms with Gasteiger partial charge in [-0.2, -0.15) is 0 Å². The Bertz CT molecular complexity index is 1070. The molecule has 1 saturated heterocycles. The Morgan fingerprint density at radius 1 is 1.30 bits per heavy atom. The van der Waals surface area contributed by atoms with Crippen LogP contribution in [0.3, 0.4) is 0 Å². The van der Waals surface area contributed by atoms with E-state index in [1.54, 1.807) is 19.2 Å². The van der Waals surface area contributed by atoms with E-state index in [4.69, 9.17) is 9.15 Å². The van der Waals surface area contributed by atoms with Crippen LogP contribution in [0.5, 0.6) is 5.75 Å². The molecular formula is C21H22N4O5. The number of benzene rings is 1. The summed E-state index contributed by atoms with van der Waals surface area (Å²) < 4.78 is 10.4. The zero-order chi connectivity index (χ0) is 21.1. The first-order chi connectivity index (χ1) is 14.5. The molecule has 0 spiro atoms. The smallest absolute Gasteiger partial charge is 0.325 e. The molecule has 4 rings (SSSR count). The third-order valence-corrected chi connectivity index (χ3v) is 5.08. The number of furan rings is 1. The van der Waals surface area contributed by atoms with E-state index >= 15 is 0 Å². The number of rotatable bonds is 8. The third-order valence-electron chi connectivity index (χ3n) is 5.08. The van der Waals surface area contributed by atoms with Crippen LogP contribution in [0.25, 0.3) is 10.9 Å². The maximum Gasteiger partial charge on any atom is 0.325 e. The van der Waals surface area contributed by atoms with Crippen LogP contribution in [0.1, 0.15) is 17.7 Å². The van der Waals surface area contributed by atoms with E-state index in [1.807, 2.05) is 24.4 Å². The molecule has 3 heterocycles. The van der Waals surface area contributed by atoms with E-state index in [-0.39, 0.29) is 18.9 Å². The summed E-state index contributed by atoms with van der Waals surface area (Å²) >= 11 is 0. The van der Waals surface area contributed by atoms with Crippen molar-refractivity contribution in [3.8, 4) is 5.75 Å². The SMILES string of the molecule is COc1ccc2[nH]cc(CCNC(=O)C[C@@H]3NC(=O)N(Cc4ccco4)C3=O)c2c1. The van der Waals surface area contributed by atoms with Gasteiger partial charge in [0.2, 0.25) is 5.91 Å². The van der Waals surface area contributed by atoms with Gasteiger partial charge in [-0.25, -0.2) is 4.79 Å². The molecule has 0 bridgehead atoms. The first-order valence-electron chi connectivity index (χ1n) is 9.60. The van der Waals surface area contributed by atoms with Crippen LogP contribution in [0.4, 0.5) is 4.79 Å². The van der Waals surface area contributed by atoms with Gasteiger partial charge in [0.25, 0.3) is 5.91 Å². The number of hydrogen-bond donors (Lipinski definition) is 3. The molecule has 9 heteroatoms. The Hall–Kier alpha value is -3.75. The molecule has 9 nitrogen and oxygen atoms in total. The van der Waals surface area contributed by atoms with Gasteiger partial charge in [-0.05, 0) is 42.3 Å². The monoisotopic (exact) mass is 410 g/mol. The van der Waals surface area contributed by atoms with Crippen LogP contribution >= 0.6 is 0 Å². The lowest BCUT2D eigenvalue weighted by atomic mass is 10.1. The van der Waals surface area contributed by atoms with Crippen LogP contribution in [0.2, 0.25) is 0 Å². The number of fused-ring (bicyclic) bond motifs is 1. The Balaban J connectivity index is 1.29. The minimum Gasteiger partial charge on any atom is -0.497 e. The number of imide groups is 1. The quantitative estimate of drug-likeness (QED) is 0.491. The zero-order valence-electron chi connectivity index (χ0n) is 16.4. The molecule has 3 aromatic rings. The van der Waals surface area contributed by atoms with Crippen molar-refractivity contribution in [1.29, 1.82) is 0 Å². The summed E-state index contributed by atoms with van der Waals surface area (Å²) in [5.74, 6) is 0.530. The highest BCUT2D eigenvalue weighted by Crippen LogP contribution is 2.23. The fraction of sp³-hybridized carbons (Fsp3) is 0.286. The molecule has 1 aliphatic heterocycles. The standard InChI is InChI=1S/C21H22N4O5/c1-29-14-4-5-17-16(9-14)13(11-23-17)6-7-22-19(26)10-18-20(27)25(21(28)24-18)12-15-3-2-8-30-15/h2-5,8-9,11,18,23H,6-7,10,12H2,1H3,(H,22,26)(H,24,28)/t18-/m0/s1. The number of carbonyl (C=O) groups excluding carboxylic acids is 3. The maximum atomic E-state index is 12.4. The molecular weight excluding hydrogens is 388 g/mol. The normalized spacial score (nSPS) is 16.2. The van der Waals surface area contributed by atoms with Crippen LogP contribution in [0, 0.1) is 0 Å². The van der Waals surface area contributed by atoms with E-state index < -0.39 is 18.0 Å². The van der Waals surface area contributed by atoms with Crippen LogP contribution in [0.15, 0.2) is 47.2 Å². The summed E-state index contributed by atoms with van der Waals surface area (Å²) in [6.07, 6.45) is 3.89. The number of ether oxygens (including phenoxy) is 1. The van der Waals surface area contributed by atoms with E-state index in [1.165, 1.54) is 6.26 Å². The molecule has 0 aliphatic carbocycles. The summed E-state index contributed by atoms with van der Waals surface area (Å²) in [5.41, 5.74) is 2.05. The largest absolute Gasteiger partial charge is 0.497 e. The number of nitrogens with zero attached hydrogens (tertiary/aromatic N) is 1. The second-order valence-electron chi connectivity index (χ2n) is 7.04. The fourth-order valence-corrected chi connectivity index (χ4v) is 3.51. The van der Waals surface area contributed by atoms with E-state index in [9.17, 15) is 14.4 Å². The number of urea groups is 1. The van der Waals surface area contributed by atoms with Gasteiger partial charge in [0.05, 0.1) is 26.3 Å². The van der Waals surface area contributed by atoms with Crippen molar-refractivity contribution >= 4 is 28.7 Å². The lowest BCUT2D eigenvalue weighted by Gasteiger charge is -2.11. The molecule has 1 fully saturated rings. The van der Waals surface area contributed by atoms with E-state index in [0.29, 0.717) is 18.7 Å². The van der Waals surface area contributed by atoms with Gasteiger partial charge >= 0.3 is 6.03 Å². The molecule has 2 aromatic heterocycles. The number of carbonyl (C=O) groups is 3. The van der Waals surface area contributed by atoms with Crippen molar-refractivity contribution in [2.24, 2.45) is 0 Å². The first kappa shape index (κ1) is 19.6. The maximum absolute atomic E-state index is 12.4. The molecule has 4 amide bonds. The predicted molar refractivity (Wildman–Crippen MR) is 108 cm³/mol. The summed E-state index contributed by atoms with van der Waals surface area (Å²) in [5, 5.41) is 6.40. The van der Waals surface area contributed by atoms with Crippen molar-refractivity contribution in [1.82, 2.24) is 20.5 Å². The van der Waals surface area contributed by atoms with Crippen molar-refractivity contribution in [3.63, 3.8) is 0 Å². The number of aromatic nitrogens is 1. The van der Waals surface area contributed by atoms with E-state index in [0.717, 1.165) is 27.1 Å². The Morgan fingerprint density at radius 2 is 2.17 bits per heavy atom. The number of nitrogens with one attached hydrogen (secondary N) is 3. The highest BCUT2D eigenvalue weighted by Gasteiger charge is 2.39. The molecule has 1 atom stereocenters. The summed E-state index contributed by atoms with van der Waals surface area (Å²) in [6, 6.07) is 7.74. The number of hydrogen-bond acceptors (Lipinski definition) is 5. The predicted octanol–water partition coefficient (Wildman–Crippen LogP) is 1.94. The van der Waals surface area contributed by atoms with Crippen molar-refractivity contribution in [2.75, 3.05) is 13.7 Å². The minimum atomic E-state index is -0.871. The molecule has 0 unspecified atom stereocenters. The van der Waals surface area contributed by atoms with Gasteiger partial charge in [-0.3, -0.25) is 14.5 Å². The molecule has 3 N–H and O–H groups in total. The van der Waals surface area contributed by atoms with Crippen LogP contribution in [-0.4, -0.2) is 47.4 Å². The Morgan fingerprint density at radius 3 is 2.93 bits per heavy atom.